The predicted molar refractivity (Wildman–Crippen MR) is 67.2 cm³/mol. The molecule has 2 fully saturated rings. The van der Waals surface area contributed by atoms with Gasteiger partial charge in [-0.1, -0.05) is 0 Å². The van der Waals surface area contributed by atoms with E-state index in [1.54, 1.807) is 0 Å². The van der Waals surface area contributed by atoms with E-state index in [0.717, 1.165) is 38.5 Å². The van der Waals surface area contributed by atoms with E-state index >= 15 is 0 Å². The van der Waals surface area contributed by atoms with E-state index < -0.39 is 5.97 Å². The van der Waals surface area contributed by atoms with E-state index in [1.165, 1.54) is 0 Å². The van der Waals surface area contributed by atoms with Gasteiger partial charge in [0, 0.05) is 19.1 Å². The third-order valence-electron chi connectivity index (χ3n) is 4.11. The monoisotopic (exact) mass is 254 g/mol. The summed E-state index contributed by atoms with van der Waals surface area (Å²) in [5.41, 5.74) is 0. The largest absolute Gasteiger partial charge is 0.481 e. The Labute approximate surface area is 108 Å². The Morgan fingerprint density at radius 1 is 1.17 bits per heavy atom. The normalized spacial score (nSPS) is 27.8. The molecule has 2 aliphatic carbocycles. The molecule has 2 N–H and O–H groups in total. The molecule has 5 nitrogen and oxygen atoms in total. The summed E-state index contributed by atoms with van der Waals surface area (Å²) < 4.78 is 0. The van der Waals surface area contributed by atoms with Crippen LogP contribution in [0.15, 0.2) is 0 Å². The van der Waals surface area contributed by atoms with Crippen molar-refractivity contribution in [2.24, 2.45) is 5.92 Å². The number of hydrogen-bond acceptors (Lipinski definition) is 3. The summed E-state index contributed by atoms with van der Waals surface area (Å²) >= 11 is 0. The molecule has 2 saturated carbocycles. The number of nitrogens with zero attached hydrogens (tertiary/aromatic N) is 1. The maximum absolute atomic E-state index is 11.8. The van der Waals surface area contributed by atoms with Gasteiger partial charge in [0.1, 0.15) is 0 Å². The fourth-order valence-corrected chi connectivity index (χ4v) is 2.57. The lowest BCUT2D eigenvalue weighted by Crippen LogP contribution is -2.42. The highest BCUT2D eigenvalue weighted by Crippen LogP contribution is 2.26. The molecule has 0 radical (unpaired) electrons. The van der Waals surface area contributed by atoms with Crippen LogP contribution in [0, 0.1) is 5.92 Å². The number of hydrogen-bond donors (Lipinski definition) is 2. The highest BCUT2D eigenvalue weighted by molar-refractivity contribution is 5.78. The maximum Gasteiger partial charge on any atom is 0.306 e. The van der Waals surface area contributed by atoms with Crippen LogP contribution in [-0.4, -0.2) is 47.6 Å². The SMILES string of the molecule is CN(C(=O)CNC1CCC(C(=O)O)CC1)C1CC1. The molecule has 1 amide bonds. The fraction of sp³-hybridized carbons (Fsp3) is 0.846. The van der Waals surface area contributed by atoms with Crippen molar-refractivity contribution in [3.8, 4) is 0 Å². The molecule has 0 aromatic heterocycles. The van der Waals surface area contributed by atoms with E-state index in [2.05, 4.69) is 5.32 Å². The van der Waals surface area contributed by atoms with Gasteiger partial charge in [-0.3, -0.25) is 9.59 Å². The minimum Gasteiger partial charge on any atom is -0.481 e. The zero-order valence-electron chi connectivity index (χ0n) is 10.9. The van der Waals surface area contributed by atoms with E-state index in [4.69, 9.17) is 5.11 Å². The Kier molecular flexibility index (Phi) is 4.22. The highest BCUT2D eigenvalue weighted by Gasteiger charge is 2.30. The number of nitrogens with one attached hydrogen (secondary N) is 1. The minimum absolute atomic E-state index is 0.151. The third-order valence-corrected chi connectivity index (χ3v) is 4.11. The fourth-order valence-electron chi connectivity index (χ4n) is 2.57. The Morgan fingerprint density at radius 2 is 1.78 bits per heavy atom. The Morgan fingerprint density at radius 3 is 2.28 bits per heavy atom. The summed E-state index contributed by atoms with van der Waals surface area (Å²) in [6, 6.07) is 0.763. The molecule has 2 aliphatic rings. The molecule has 0 saturated heterocycles. The smallest absolute Gasteiger partial charge is 0.306 e. The van der Waals surface area contributed by atoms with Crippen molar-refractivity contribution in [1.29, 1.82) is 0 Å². The summed E-state index contributed by atoms with van der Waals surface area (Å²) in [5.74, 6) is -0.719. The van der Waals surface area contributed by atoms with E-state index in [1.807, 2.05) is 11.9 Å². The molecule has 0 bridgehead atoms. The van der Waals surface area contributed by atoms with Gasteiger partial charge in [-0.05, 0) is 38.5 Å². The number of carboxylic acid groups (broad SMARTS) is 1. The molecule has 0 aromatic carbocycles. The molecule has 0 unspecified atom stereocenters. The molecular formula is C13H22N2O3. The van der Waals surface area contributed by atoms with Gasteiger partial charge in [-0.25, -0.2) is 0 Å². The van der Waals surface area contributed by atoms with Crippen LogP contribution in [0.4, 0.5) is 0 Å². The zero-order chi connectivity index (χ0) is 13.1. The van der Waals surface area contributed by atoms with Crippen LogP contribution in [0.3, 0.4) is 0 Å². The van der Waals surface area contributed by atoms with Gasteiger partial charge < -0.3 is 15.3 Å². The van der Waals surface area contributed by atoms with Crippen LogP contribution < -0.4 is 5.32 Å². The highest BCUT2D eigenvalue weighted by atomic mass is 16.4. The van der Waals surface area contributed by atoms with Crippen LogP contribution in [0.1, 0.15) is 38.5 Å². The number of carbonyl (C=O) groups is 2. The third kappa shape index (κ3) is 3.45. The van der Waals surface area contributed by atoms with Crippen molar-refractivity contribution in [3.05, 3.63) is 0 Å². The van der Waals surface area contributed by atoms with Gasteiger partial charge in [-0.15, -0.1) is 0 Å². The minimum atomic E-state index is -0.682. The Balaban J connectivity index is 1.65. The molecule has 0 aromatic rings. The van der Waals surface area contributed by atoms with Gasteiger partial charge in [0.25, 0.3) is 0 Å². The number of amides is 1. The number of rotatable bonds is 5. The lowest BCUT2D eigenvalue weighted by atomic mass is 9.86. The maximum atomic E-state index is 11.8. The van der Waals surface area contributed by atoms with Crippen LogP contribution in [0.5, 0.6) is 0 Å². The molecule has 18 heavy (non-hydrogen) atoms. The Bertz CT molecular complexity index is 320. The molecule has 2 rings (SSSR count). The van der Waals surface area contributed by atoms with Crippen LogP contribution in [0.25, 0.3) is 0 Å². The topological polar surface area (TPSA) is 69.6 Å². The molecule has 5 heteroatoms. The molecule has 0 aliphatic heterocycles. The number of likely N-dealkylation sites (N-methyl/N-ethyl adjacent to an activating group) is 1. The molecule has 0 atom stereocenters. The number of carboxylic acids is 1. The first-order valence-corrected chi connectivity index (χ1v) is 6.79. The second kappa shape index (κ2) is 5.69. The van der Waals surface area contributed by atoms with Crippen LogP contribution >= 0.6 is 0 Å². The van der Waals surface area contributed by atoms with Crippen molar-refractivity contribution < 1.29 is 14.7 Å². The second-order valence-electron chi connectivity index (χ2n) is 5.50. The summed E-state index contributed by atoms with van der Waals surface area (Å²) in [7, 11) is 1.86. The van der Waals surface area contributed by atoms with Crippen molar-refractivity contribution in [2.75, 3.05) is 13.6 Å². The van der Waals surface area contributed by atoms with Gasteiger partial charge >= 0.3 is 5.97 Å². The second-order valence-corrected chi connectivity index (χ2v) is 5.50. The zero-order valence-corrected chi connectivity index (χ0v) is 10.9. The molecular weight excluding hydrogens is 232 g/mol. The standard InChI is InChI=1S/C13H22N2O3/c1-15(11-6-7-11)12(16)8-14-10-4-2-9(3-5-10)13(17)18/h9-11,14H,2-8H2,1H3,(H,17,18). The van der Waals surface area contributed by atoms with Gasteiger partial charge in [0.05, 0.1) is 12.5 Å². The van der Waals surface area contributed by atoms with Crippen molar-refractivity contribution >= 4 is 11.9 Å². The average molecular weight is 254 g/mol. The average Bonchev–Trinajstić information content (AvgIpc) is 3.19. The summed E-state index contributed by atoms with van der Waals surface area (Å²) in [6.45, 7) is 0.384. The molecule has 0 heterocycles. The summed E-state index contributed by atoms with van der Waals surface area (Å²) in [5, 5.41) is 12.2. The first kappa shape index (κ1) is 13.3. The lowest BCUT2D eigenvalue weighted by Gasteiger charge is -2.27. The van der Waals surface area contributed by atoms with Crippen LogP contribution in [0.2, 0.25) is 0 Å². The van der Waals surface area contributed by atoms with Gasteiger partial charge in [-0.2, -0.15) is 0 Å². The first-order chi connectivity index (χ1) is 8.58. The molecule has 0 spiro atoms. The van der Waals surface area contributed by atoms with Crippen molar-refractivity contribution in [2.45, 2.75) is 50.6 Å². The summed E-state index contributed by atoms with van der Waals surface area (Å²) in [4.78, 5) is 24.5. The quantitative estimate of drug-likeness (QED) is 0.763. The van der Waals surface area contributed by atoms with E-state index in [0.29, 0.717) is 18.6 Å². The summed E-state index contributed by atoms with van der Waals surface area (Å²) in [6.07, 6.45) is 5.42. The van der Waals surface area contributed by atoms with Crippen LogP contribution in [-0.2, 0) is 9.59 Å². The number of aliphatic carboxylic acids is 1. The van der Waals surface area contributed by atoms with E-state index in [-0.39, 0.29) is 11.8 Å². The Hall–Kier alpha value is -1.10. The van der Waals surface area contributed by atoms with Gasteiger partial charge in [0.2, 0.25) is 5.91 Å². The van der Waals surface area contributed by atoms with Crippen molar-refractivity contribution in [3.63, 3.8) is 0 Å². The first-order valence-electron chi connectivity index (χ1n) is 6.79. The molecule has 102 valence electrons. The lowest BCUT2D eigenvalue weighted by molar-refractivity contribution is -0.143. The van der Waals surface area contributed by atoms with Gasteiger partial charge in [0.15, 0.2) is 0 Å². The van der Waals surface area contributed by atoms with E-state index in [9.17, 15) is 9.59 Å². The van der Waals surface area contributed by atoms with Crippen molar-refractivity contribution in [1.82, 2.24) is 10.2 Å². The number of carbonyl (C=O) groups excluding carboxylic acids is 1. The predicted octanol–water partition coefficient (Wildman–Crippen LogP) is 0.840.